The Morgan fingerprint density at radius 3 is 1.84 bits per heavy atom. The van der Waals surface area contributed by atoms with Crippen LogP contribution in [-0.2, 0) is 6.42 Å². The Bertz CT molecular complexity index is 402. The summed E-state index contributed by atoms with van der Waals surface area (Å²) < 4.78 is 16.0. The maximum atomic E-state index is 6.33. The van der Waals surface area contributed by atoms with Gasteiger partial charge >= 0.3 is 0 Å². The molecule has 0 aliphatic rings. The van der Waals surface area contributed by atoms with Gasteiger partial charge in [0, 0.05) is 5.54 Å². The first-order valence-electron chi connectivity index (χ1n) is 6.43. The normalized spacial score (nSPS) is 14.1. The standard InChI is InChI=1S/C15H25NO3/c1-10(2)15(3,16)9-11-7-12(17-4)14(19-6)13(8-11)18-5/h7-8,10H,9,16H2,1-6H3. The van der Waals surface area contributed by atoms with Crippen LogP contribution in [0.15, 0.2) is 12.1 Å². The summed E-state index contributed by atoms with van der Waals surface area (Å²) >= 11 is 0. The number of hydrogen-bond donors (Lipinski definition) is 1. The van der Waals surface area contributed by atoms with Crippen molar-refractivity contribution in [2.75, 3.05) is 21.3 Å². The summed E-state index contributed by atoms with van der Waals surface area (Å²) in [4.78, 5) is 0. The van der Waals surface area contributed by atoms with Crippen LogP contribution in [0.2, 0.25) is 0 Å². The number of hydrogen-bond acceptors (Lipinski definition) is 4. The predicted molar refractivity (Wildman–Crippen MR) is 77.2 cm³/mol. The summed E-state index contributed by atoms with van der Waals surface area (Å²) in [5.74, 6) is 2.32. The zero-order valence-electron chi connectivity index (χ0n) is 12.7. The van der Waals surface area contributed by atoms with E-state index in [0.29, 0.717) is 23.2 Å². The van der Waals surface area contributed by atoms with Crippen LogP contribution < -0.4 is 19.9 Å². The van der Waals surface area contributed by atoms with Gasteiger partial charge in [0.25, 0.3) is 0 Å². The van der Waals surface area contributed by atoms with Crippen molar-refractivity contribution in [2.24, 2.45) is 11.7 Å². The van der Waals surface area contributed by atoms with E-state index in [9.17, 15) is 0 Å². The summed E-state index contributed by atoms with van der Waals surface area (Å²) in [5, 5.41) is 0. The molecule has 0 aromatic heterocycles. The molecule has 0 amide bonds. The third-order valence-corrected chi connectivity index (χ3v) is 3.63. The van der Waals surface area contributed by atoms with Crippen molar-refractivity contribution < 1.29 is 14.2 Å². The fourth-order valence-electron chi connectivity index (χ4n) is 1.88. The number of ether oxygens (including phenoxy) is 3. The molecule has 0 saturated carbocycles. The minimum atomic E-state index is -0.273. The Balaban J connectivity index is 3.16. The first-order valence-corrected chi connectivity index (χ1v) is 6.43. The molecule has 108 valence electrons. The summed E-state index contributed by atoms with van der Waals surface area (Å²) in [5.41, 5.74) is 7.14. The third kappa shape index (κ3) is 3.53. The van der Waals surface area contributed by atoms with Gasteiger partial charge in [0.05, 0.1) is 21.3 Å². The Labute approximate surface area is 115 Å². The SMILES string of the molecule is COc1cc(CC(C)(N)C(C)C)cc(OC)c1OC. The molecule has 0 spiro atoms. The largest absolute Gasteiger partial charge is 0.493 e. The average molecular weight is 267 g/mol. The van der Waals surface area contributed by atoms with Gasteiger partial charge in [-0.15, -0.1) is 0 Å². The van der Waals surface area contributed by atoms with Gasteiger partial charge in [0.1, 0.15) is 0 Å². The highest BCUT2D eigenvalue weighted by Gasteiger charge is 2.25. The molecule has 0 saturated heterocycles. The molecule has 1 unspecified atom stereocenters. The lowest BCUT2D eigenvalue weighted by Gasteiger charge is -2.29. The van der Waals surface area contributed by atoms with Crippen molar-refractivity contribution in [3.05, 3.63) is 17.7 Å². The van der Waals surface area contributed by atoms with Gasteiger partial charge in [-0.1, -0.05) is 13.8 Å². The molecule has 0 aliphatic heterocycles. The number of nitrogens with two attached hydrogens (primary N) is 1. The van der Waals surface area contributed by atoms with Gasteiger partial charge in [-0.05, 0) is 37.0 Å². The summed E-state index contributed by atoms with van der Waals surface area (Å²) in [6.07, 6.45) is 0.751. The Hall–Kier alpha value is -1.42. The lowest BCUT2D eigenvalue weighted by atomic mass is 9.83. The zero-order chi connectivity index (χ0) is 14.6. The topological polar surface area (TPSA) is 53.7 Å². The van der Waals surface area contributed by atoms with Crippen LogP contribution in [0.25, 0.3) is 0 Å². The second-order valence-corrected chi connectivity index (χ2v) is 5.37. The molecule has 0 bridgehead atoms. The molecule has 1 atom stereocenters. The predicted octanol–water partition coefficient (Wildman–Crippen LogP) is 2.63. The van der Waals surface area contributed by atoms with E-state index in [1.165, 1.54) is 0 Å². The van der Waals surface area contributed by atoms with E-state index in [-0.39, 0.29) is 5.54 Å². The van der Waals surface area contributed by atoms with Crippen LogP contribution in [0.4, 0.5) is 0 Å². The summed E-state index contributed by atoms with van der Waals surface area (Å²) in [7, 11) is 4.83. The van der Waals surface area contributed by atoms with Gasteiger partial charge in [-0.2, -0.15) is 0 Å². The lowest BCUT2D eigenvalue weighted by Crippen LogP contribution is -2.43. The second kappa shape index (κ2) is 6.15. The number of benzene rings is 1. The maximum absolute atomic E-state index is 6.33. The van der Waals surface area contributed by atoms with Crippen molar-refractivity contribution in [3.8, 4) is 17.2 Å². The quantitative estimate of drug-likeness (QED) is 0.861. The van der Waals surface area contributed by atoms with E-state index in [1.807, 2.05) is 12.1 Å². The van der Waals surface area contributed by atoms with Crippen molar-refractivity contribution in [1.82, 2.24) is 0 Å². The summed E-state index contributed by atoms with van der Waals surface area (Å²) in [6.45, 7) is 6.30. The highest BCUT2D eigenvalue weighted by molar-refractivity contribution is 5.54. The van der Waals surface area contributed by atoms with Crippen molar-refractivity contribution in [3.63, 3.8) is 0 Å². The van der Waals surface area contributed by atoms with Crippen LogP contribution in [0.5, 0.6) is 17.2 Å². The minimum absolute atomic E-state index is 0.273. The molecule has 1 aromatic carbocycles. The van der Waals surface area contributed by atoms with E-state index < -0.39 is 0 Å². The highest BCUT2D eigenvalue weighted by Crippen LogP contribution is 2.39. The van der Waals surface area contributed by atoms with E-state index in [4.69, 9.17) is 19.9 Å². The highest BCUT2D eigenvalue weighted by atomic mass is 16.5. The zero-order valence-corrected chi connectivity index (χ0v) is 12.7. The molecule has 2 N–H and O–H groups in total. The smallest absolute Gasteiger partial charge is 0.203 e. The van der Waals surface area contributed by atoms with E-state index in [0.717, 1.165) is 12.0 Å². The maximum Gasteiger partial charge on any atom is 0.203 e. The van der Waals surface area contributed by atoms with Crippen LogP contribution in [0, 0.1) is 5.92 Å². The Kier molecular flexibility index (Phi) is 5.06. The summed E-state index contributed by atoms with van der Waals surface area (Å²) in [6, 6.07) is 3.91. The second-order valence-electron chi connectivity index (χ2n) is 5.37. The van der Waals surface area contributed by atoms with Gasteiger partial charge in [0.15, 0.2) is 11.5 Å². The Morgan fingerprint density at radius 2 is 1.53 bits per heavy atom. The molecule has 1 aromatic rings. The van der Waals surface area contributed by atoms with E-state index >= 15 is 0 Å². The van der Waals surface area contributed by atoms with Crippen molar-refractivity contribution >= 4 is 0 Å². The molecular formula is C15H25NO3. The molecule has 19 heavy (non-hydrogen) atoms. The molecule has 4 nitrogen and oxygen atoms in total. The monoisotopic (exact) mass is 267 g/mol. The molecule has 1 rings (SSSR count). The fraction of sp³-hybridized carbons (Fsp3) is 0.600. The Morgan fingerprint density at radius 1 is 1.05 bits per heavy atom. The average Bonchev–Trinajstić information content (AvgIpc) is 2.36. The van der Waals surface area contributed by atoms with Gasteiger partial charge in [-0.25, -0.2) is 0 Å². The van der Waals surface area contributed by atoms with Crippen LogP contribution in [0.3, 0.4) is 0 Å². The fourth-order valence-corrected chi connectivity index (χ4v) is 1.88. The molecule has 0 aliphatic carbocycles. The molecule has 0 fully saturated rings. The molecule has 0 heterocycles. The number of methoxy groups -OCH3 is 3. The van der Waals surface area contributed by atoms with Crippen LogP contribution >= 0.6 is 0 Å². The van der Waals surface area contributed by atoms with Crippen molar-refractivity contribution in [2.45, 2.75) is 32.7 Å². The first-order chi connectivity index (χ1) is 8.85. The molecular weight excluding hydrogens is 242 g/mol. The van der Waals surface area contributed by atoms with Gasteiger partial charge in [0.2, 0.25) is 5.75 Å². The molecule has 0 radical (unpaired) electrons. The van der Waals surface area contributed by atoms with Gasteiger partial charge in [-0.3, -0.25) is 0 Å². The van der Waals surface area contributed by atoms with E-state index in [2.05, 4.69) is 20.8 Å². The van der Waals surface area contributed by atoms with Crippen LogP contribution in [0.1, 0.15) is 26.3 Å². The minimum Gasteiger partial charge on any atom is -0.493 e. The number of rotatable bonds is 6. The van der Waals surface area contributed by atoms with Crippen LogP contribution in [-0.4, -0.2) is 26.9 Å². The third-order valence-electron chi connectivity index (χ3n) is 3.63. The van der Waals surface area contributed by atoms with Crippen molar-refractivity contribution in [1.29, 1.82) is 0 Å². The van der Waals surface area contributed by atoms with E-state index in [1.54, 1.807) is 21.3 Å². The first kappa shape index (κ1) is 15.6. The molecule has 4 heteroatoms. The lowest BCUT2D eigenvalue weighted by molar-refractivity contribution is 0.318. The van der Waals surface area contributed by atoms with Gasteiger partial charge < -0.3 is 19.9 Å².